The number of carbonyl (C=O) groups excluding carboxylic acids is 2. The van der Waals surface area contributed by atoms with E-state index in [9.17, 15) is 14.9 Å². The lowest BCUT2D eigenvalue weighted by Crippen LogP contribution is -2.37. The van der Waals surface area contributed by atoms with Gasteiger partial charge in [-0.2, -0.15) is 5.26 Å². The first-order valence-electron chi connectivity index (χ1n) is 7.37. The predicted molar refractivity (Wildman–Crippen MR) is 86.3 cm³/mol. The summed E-state index contributed by atoms with van der Waals surface area (Å²) in [5, 5.41) is 13.4. The van der Waals surface area contributed by atoms with E-state index >= 15 is 0 Å². The van der Waals surface area contributed by atoms with Crippen molar-refractivity contribution in [3.63, 3.8) is 0 Å². The molecule has 1 atom stereocenters. The average Bonchev–Trinajstić information content (AvgIpc) is 2.41. The van der Waals surface area contributed by atoms with Gasteiger partial charge in [0.25, 0.3) is 0 Å². The van der Waals surface area contributed by atoms with Crippen molar-refractivity contribution in [3.05, 3.63) is 21.9 Å². The van der Waals surface area contributed by atoms with Crippen molar-refractivity contribution in [1.82, 2.24) is 5.32 Å². The summed E-state index contributed by atoms with van der Waals surface area (Å²) in [6.45, 7) is 6.11. The maximum atomic E-state index is 12.5. The van der Waals surface area contributed by atoms with Crippen LogP contribution in [0.4, 0.5) is 0 Å². The Labute approximate surface area is 135 Å². The topological polar surface area (TPSA) is 96.0 Å². The van der Waals surface area contributed by atoms with E-state index in [-0.39, 0.29) is 22.9 Å². The first-order valence-corrected chi connectivity index (χ1v) is 8.36. The minimum absolute atomic E-state index is 0.0924. The number of ketones is 1. The van der Waals surface area contributed by atoms with Crippen LogP contribution in [0.15, 0.2) is 21.9 Å². The fourth-order valence-corrected chi connectivity index (χ4v) is 3.98. The van der Waals surface area contributed by atoms with Crippen molar-refractivity contribution in [3.8, 4) is 6.07 Å². The summed E-state index contributed by atoms with van der Waals surface area (Å²) in [5.41, 5.74) is 7.30. The van der Waals surface area contributed by atoms with E-state index in [2.05, 4.69) is 25.2 Å². The van der Waals surface area contributed by atoms with Crippen LogP contribution in [0.1, 0.15) is 40.0 Å². The second-order valence-electron chi connectivity index (χ2n) is 6.53. The molecule has 6 heteroatoms. The van der Waals surface area contributed by atoms with E-state index in [0.29, 0.717) is 23.4 Å². The van der Waals surface area contributed by atoms with E-state index in [4.69, 9.17) is 5.73 Å². The fourth-order valence-electron chi connectivity index (χ4n) is 3.15. The van der Waals surface area contributed by atoms with Crippen LogP contribution in [-0.2, 0) is 9.59 Å². The highest BCUT2D eigenvalue weighted by Gasteiger charge is 2.40. The molecule has 5 nitrogen and oxygen atoms in total. The SMILES string of the molecule is CC[C@@H]1C(C#N)=C(SCC(N)=O)NC2=C1C(=O)CC(C)(C)C2. The third-order valence-electron chi connectivity index (χ3n) is 4.01. The molecule has 3 N–H and O–H groups in total. The van der Waals surface area contributed by atoms with E-state index in [1.165, 1.54) is 11.8 Å². The lowest BCUT2D eigenvalue weighted by atomic mass is 9.70. The largest absolute Gasteiger partial charge is 0.369 e. The Balaban J connectivity index is 2.41. The van der Waals surface area contributed by atoms with Crippen LogP contribution < -0.4 is 11.1 Å². The van der Waals surface area contributed by atoms with Crippen molar-refractivity contribution in [2.75, 3.05) is 5.75 Å². The molecule has 0 fully saturated rings. The molecule has 0 saturated carbocycles. The van der Waals surface area contributed by atoms with Crippen LogP contribution in [0.3, 0.4) is 0 Å². The van der Waals surface area contributed by atoms with Crippen LogP contribution in [0.2, 0.25) is 0 Å². The highest BCUT2D eigenvalue weighted by Crippen LogP contribution is 2.44. The minimum atomic E-state index is -0.426. The van der Waals surface area contributed by atoms with Gasteiger partial charge in [-0.15, -0.1) is 0 Å². The number of carbonyl (C=O) groups is 2. The van der Waals surface area contributed by atoms with Crippen LogP contribution in [0, 0.1) is 22.7 Å². The molecule has 2 aliphatic rings. The molecule has 22 heavy (non-hydrogen) atoms. The van der Waals surface area contributed by atoms with Crippen molar-refractivity contribution < 1.29 is 9.59 Å². The lowest BCUT2D eigenvalue weighted by Gasteiger charge is -2.38. The van der Waals surface area contributed by atoms with Gasteiger partial charge in [-0.1, -0.05) is 32.5 Å². The number of nitrogens with one attached hydrogen (secondary N) is 1. The lowest BCUT2D eigenvalue weighted by molar-refractivity contribution is -0.118. The number of thioether (sulfide) groups is 1. The summed E-state index contributed by atoms with van der Waals surface area (Å²) in [7, 11) is 0. The average molecular weight is 319 g/mol. The molecule has 0 aromatic carbocycles. The Morgan fingerprint density at radius 2 is 2.18 bits per heavy atom. The predicted octanol–water partition coefficient (Wildman–Crippen LogP) is 2.21. The summed E-state index contributed by atoms with van der Waals surface area (Å²) >= 11 is 1.24. The molecule has 0 unspecified atom stereocenters. The number of nitrogens with two attached hydrogens (primary N) is 1. The molecule has 118 valence electrons. The smallest absolute Gasteiger partial charge is 0.227 e. The van der Waals surface area contributed by atoms with Crippen LogP contribution in [-0.4, -0.2) is 17.4 Å². The van der Waals surface area contributed by atoms with Gasteiger partial charge in [0.1, 0.15) is 0 Å². The normalized spacial score (nSPS) is 23.7. The number of hydrogen-bond acceptors (Lipinski definition) is 5. The number of Topliss-reactive ketones (excluding diaryl/α,β-unsaturated/α-hetero) is 1. The highest BCUT2D eigenvalue weighted by atomic mass is 32.2. The van der Waals surface area contributed by atoms with Gasteiger partial charge in [-0.05, 0) is 18.3 Å². The van der Waals surface area contributed by atoms with Crippen molar-refractivity contribution in [1.29, 1.82) is 5.26 Å². The fraction of sp³-hybridized carbons (Fsp3) is 0.562. The number of primary amides is 1. The molecule has 1 amide bonds. The standard InChI is InChI=1S/C16H21N3O2S/c1-4-9-10(7-17)15(22-8-13(18)21)19-11-5-16(2,3)6-12(20)14(9)11/h9,19H,4-6,8H2,1-3H3,(H2,18,21)/t9-/m1/s1. The zero-order valence-electron chi connectivity index (χ0n) is 13.2. The molecule has 0 radical (unpaired) electrons. The minimum Gasteiger partial charge on any atom is -0.369 e. The maximum Gasteiger partial charge on any atom is 0.227 e. The number of nitrogens with zero attached hydrogens (tertiary/aromatic N) is 1. The van der Waals surface area contributed by atoms with Gasteiger partial charge in [-0.25, -0.2) is 0 Å². The third-order valence-corrected chi connectivity index (χ3v) is 5.05. The van der Waals surface area contributed by atoms with Gasteiger partial charge in [0, 0.05) is 23.6 Å². The van der Waals surface area contributed by atoms with Crippen molar-refractivity contribution in [2.24, 2.45) is 17.1 Å². The van der Waals surface area contributed by atoms with Crippen LogP contribution in [0.25, 0.3) is 0 Å². The molecule has 0 saturated heterocycles. The number of rotatable bonds is 4. The van der Waals surface area contributed by atoms with E-state index in [0.717, 1.165) is 17.7 Å². The number of amides is 1. The Morgan fingerprint density at radius 1 is 1.50 bits per heavy atom. The summed E-state index contributed by atoms with van der Waals surface area (Å²) in [4.78, 5) is 23.6. The molecule has 1 aliphatic carbocycles. The molecule has 0 spiro atoms. The zero-order valence-corrected chi connectivity index (χ0v) is 14.0. The summed E-state index contributed by atoms with van der Waals surface area (Å²) in [5.74, 6) is -0.369. The first kappa shape index (κ1) is 16.6. The highest BCUT2D eigenvalue weighted by molar-refractivity contribution is 8.03. The molecular weight excluding hydrogens is 298 g/mol. The number of hydrogen-bond donors (Lipinski definition) is 2. The molecule has 0 aromatic rings. The van der Waals surface area contributed by atoms with Gasteiger partial charge in [0.2, 0.25) is 5.91 Å². The quantitative estimate of drug-likeness (QED) is 0.828. The second-order valence-corrected chi connectivity index (χ2v) is 7.51. The van der Waals surface area contributed by atoms with E-state index in [1.807, 2.05) is 6.92 Å². The number of dihydropyridines is 1. The summed E-state index contributed by atoms with van der Waals surface area (Å²) in [6.07, 6.45) is 1.96. The molecule has 1 aliphatic heterocycles. The van der Waals surface area contributed by atoms with Gasteiger partial charge < -0.3 is 11.1 Å². The van der Waals surface area contributed by atoms with Crippen LogP contribution >= 0.6 is 11.8 Å². The van der Waals surface area contributed by atoms with Crippen LogP contribution in [0.5, 0.6) is 0 Å². The van der Waals surface area contributed by atoms with Gasteiger partial charge in [0.05, 0.1) is 22.4 Å². The van der Waals surface area contributed by atoms with Gasteiger partial charge in [-0.3, -0.25) is 9.59 Å². The zero-order chi connectivity index (χ0) is 16.5. The Bertz CT molecular complexity index is 626. The van der Waals surface area contributed by atoms with Crippen molar-refractivity contribution in [2.45, 2.75) is 40.0 Å². The van der Waals surface area contributed by atoms with Crippen molar-refractivity contribution >= 4 is 23.5 Å². The number of nitriles is 1. The summed E-state index contributed by atoms with van der Waals surface area (Å²) < 4.78 is 0. The Kier molecular flexibility index (Phi) is 4.66. The van der Waals surface area contributed by atoms with Gasteiger partial charge >= 0.3 is 0 Å². The number of allylic oxidation sites excluding steroid dienone is 3. The molecular formula is C16H21N3O2S. The van der Waals surface area contributed by atoms with E-state index < -0.39 is 5.91 Å². The molecule has 1 heterocycles. The second kappa shape index (κ2) is 6.17. The Morgan fingerprint density at radius 3 is 2.73 bits per heavy atom. The van der Waals surface area contributed by atoms with E-state index in [1.54, 1.807) is 0 Å². The molecule has 0 aromatic heterocycles. The first-order chi connectivity index (χ1) is 10.3. The maximum absolute atomic E-state index is 12.5. The third kappa shape index (κ3) is 3.20. The molecule has 2 rings (SSSR count). The monoisotopic (exact) mass is 319 g/mol. The Hall–Kier alpha value is -1.74. The molecule has 0 bridgehead atoms. The summed E-state index contributed by atoms with van der Waals surface area (Å²) in [6, 6.07) is 2.21. The van der Waals surface area contributed by atoms with Gasteiger partial charge in [0.15, 0.2) is 5.78 Å².